The van der Waals surface area contributed by atoms with Crippen LogP contribution >= 0.6 is 0 Å². The number of hydrogen-bond acceptors (Lipinski definition) is 7. The van der Waals surface area contributed by atoms with Gasteiger partial charge >= 0.3 is 11.9 Å². The summed E-state index contributed by atoms with van der Waals surface area (Å²) in [6, 6.07) is 0.755. The molecule has 2 saturated carbocycles. The molecule has 0 aromatic rings. The van der Waals surface area contributed by atoms with E-state index in [1.165, 1.54) is 14.0 Å². The quantitative estimate of drug-likeness (QED) is 0.667. The number of methoxy groups -OCH3 is 2. The summed E-state index contributed by atoms with van der Waals surface area (Å²) in [5.74, 6) is -0.396. The van der Waals surface area contributed by atoms with Gasteiger partial charge in [-0.1, -0.05) is 6.42 Å². The van der Waals surface area contributed by atoms with Gasteiger partial charge in [0.2, 0.25) is 0 Å². The molecule has 5 fully saturated rings. The van der Waals surface area contributed by atoms with Crippen molar-refractivity contribution in [1.29, 1.82) is 0 Å². The number of hydrogen-bond donors (Lipinski definition) is 1. The van der Waals surface area contributed by atoms with E-state index in [2.05, 4.69) is 11.8 Å². The predicted octanol–water partition coefficient (Wildman–Crippen LogP) is 2.21. The van der Waals surface area contributed by atoms with E-state index in [0.717, 1.165) is 44.1 Å². The Hall–Kier alpha value is -1.44. The molecule has 6 rings (SSSR count). The number of carbonyl (C=O) groups excluding carboxylic acids is 2. The molecule has 0 amide bonds. The number of esters is 2. The highest BCUT2D eigenvalue weighted by molar-refractivity contribution is 5.93. The summed E-state index contributed by atoms with van der Waals surface area (Å²) in [5, 5.41) is 12.3. The van der Waals surface area contributed by atoms with Crippen LogP contribution in [-0.2, 0) is 23.8 Å². The molecule has 0 aromatic carbocycles. The van der Waals surface area contributed by atoms with Crippen LogP contribution < -0.4 is 0 Å². The van der Waals surface area contributed by atoms with Crippen LogP contribution in [0.2, 0.25) is 0 Å². The van der Waals surface area contributed by atoms with E-state index in [1.807, 2.05) is 0 Å². The Labute approximate surface area is 189 Å². The lowest BCUT2D eigenvalue weighted by Gasteiger charge is -2.65. The molecule has 0 radical (unpaired) electrons. The van der Waals surface area contributed by atoms with Crippen LogP contribution in [0.1, 0.15) is 58.8 Å². The highest BCUT2D eigenvalue weighted by atomic mass is 16.6. The largest absolute Gasteiger partial charge is 0.466 e. The average Bonchev–Trinajstić information content (AvgIpc) is 3.16. The fraction of sp³-hybridized carbons (Fsp3) is 0.840. The lowest BCUT2D eigenvalue weighted by Crippen LogP contribution is -2.73. The van der Waals surface area contributed by atoms with Gasteiger partial charge in [-0.05, 0) is 62.9 Å². The van der Waals surface area contributed by atoms with E-state index in [-0.39, 0.29) is 29.4 Å². The van der Waals surface area contributed by atoms with Crippen LogP contribution in [0, 0.1) is 23.7 Å². The maximum atomic E-state index is 13.4. The number of nitrogens with zero attached hydrogens (tertiary/aromatic N) is 1. The number of piperidine rings is 2. The molecule has 1 unspecified atom stereocenters. The molecule has 1 N–H and O–H groups in total. The fourth-order valence-corrected chi connectivity index (χ4v) is 9.65. The molecule has 32 heavy (non-hydrogen) atoms. The Morgan fingerprint density at radius 1 is 1.12 bits per heavy atom. The lowest BCUT2D eigenvalue weighted by atomic mass is 9.53. The van der Waals surface area contributed by atoms with Crippen molar-refractivity contribution < 1.29 is 28.9 Å². The third kappa shape index (κ3) is 2.23. The average molecular weight is 446 g/mol. The van der Waals surface area contributed by atoms with Gasteiger partial charge in [-0.2, -0.15) is 0 Å². The van der Waals surface area contributed by atoms with Gasteiger partial charge in [0.1, 0.15) is 6.10 Å². The molecular weight excluding hydrogens is 410 g/mol. The standard InChI is InChI=1S/C25H35NO6/c1-12-8-9-15-17-10-14-11-24(15,29)22-20(23(28)31-4)21(32-13(2)27)19-16(25(14,22)26(12)17)6-5-7-18(19)30-3/h12,14-19,21,29H,5-11H2,1-4H3/t12-,14-,15+,16+,17+,18-,19-,21-,24+,25+/m1/s1. The lowest BCUT2D eigenvalue weighted by molar-refractivity contribution is -0.177. The second-order valence-corrected chi connectivity index (χ2v) is 11.1. The molecule has 7 heteroatoms. The first-order valence-electron chi connectivity index (χ1n) is 12.3. The van der Waals surface area contributed by atoms with Gasteiger partial charge in [0.25, 0.3) is 0 Å². The van der Waals surface area contributed by atoms with Gasteiger partial charge in [0.15, 0.2) is 0 Å². The molecule has 176 valence electrons. The predicted molar refractivity (Wildman–Crippen MR) is 114 cm³/mol. The van der Waals surface area contributed by atoms with Crippen molar-refractivity contribution in [1.82, 2.24) is 4.90 Å². The Morgan fingerprint density at radius 2 is 1.91 bits per heavy atom. The van der Waals surface area contributed by atoms with E-state index in [0.29, 0.717) is 30.0 Å². The summed E-state index contributed by atoms with van der Waals surface area (Å²) in [4.78, 5) is 28.4. The minimum atomic E-state index is -1.02. The SMILES string of the molecule is COC(=O)C1=C2[C@]3([C@@H]4C[C@H]5[C@H](CC[C@@H](C)N53)[C@@]2(O)C4)[C@H]2CCC[C@@H](OC)[C@@H]2[C@H]1OC(C)=O. The third-order valence-corrected chi connectivity index (χ3v) is 10.1. The van der Waals surface area contributed by atoms with Crippen LogP contribution in [0.15, 0.2) is 11.1 Å². The van der Waals surface area contributed by atoms with Crippen molar-refractivity contribution in [3.63, 3.8) is 0 Å². The summed E-state index contributed by atoms with van der Waals surface area (Å²) in [7, 11) is 3.10. The molecule has 5 bridgehead atoms. The van der Waals surface area contributed by atoms with Crippen LogP contribution in [-0.4, -0.2) is 71.6 Å². The fourth-order valence-electron chi connectivity index (χ4n) is 9.65. The van der Waals surface area contributed by atoms with Gasteiger partial charge in [0, 0.05) is 38.0 Å². The Bertz CT molecular complexity index is 901. The zero-order valence-electron chi connectivity index (χ0n) is 19.5. The number of aliphatic hydroxyl groups is 1. The zero-order chi connectivity index (χ0) is 22.6. The normalized spacial score (nSPS) is 52.5. The summed E-state index contributed by atoms with van der Waals surface area (Å²) in [6.45, 7) is 3.70. The van der Waals surface area contributed by atoms with Crippen LogP contribution in [0.3, 0.4) is 0 Å². The van der Waals surface area contributed by atoms with Gasteiger partial charge < -0.3 is 19.3 Å². The van der Waals surface area contributed by atoms with E-state index in [9.17, 15) is 14.7 Å². The molecular formula is C25H35NO6. The molecule has 6 aliphatic rings. The van der Waals surface area contributed by atoms with Crippen molar-refractivity contribution in [2.24, 2.45) is 23.7 Å². The van der Waals surface area contributed by atoms with Crippen molar-refractivity contribution in [3.8, 4) is 0 Å². The minimum Gasteiger partial charge on any atom is -0.466 e. The van der Waals surface area contributed by atoms with Gasteiger partial charge in [0.05, 0.1) is 29.9 Å². The Morgan fingerprint density at radius 3 is 2.59 bits per heavy atom. The number of carbonyl (C=O) groups is 2. The van der Waals surface area contributed by atoms with Crippen LogP contribution in [0.4, 0.5) is 0 Å². The second-order valence-electron chi connectivity index (χ2n) is 11.1. The third-order valence-electron chi connectivity index (χ3n) is 10.1. The second kappa shape index (κ2) is 6.80. The van der Waals surface area contributed by atoms with Crippen LogP contribution in [0.25, 0.3) is 0 Å². The van der Waals surface area contributed by atoms with Crippen molar-refractivity contribution in [2.75, 3.05) is 14.2 Å². The first kappa shape index (κ1) is 21.1. The van der Waals surface area contributed by atoms with Gasteiger partial charge in [-0.3, -0.25) is 9.69 Å². The molecule has 3 aliphatic heterocycles. The number of ether oxygens (including phenoxy) is 3. The molecule has 3 aliphatic carbocycles. The molecule has 7 nitrogen and oxygen atoms in total. The maximum absolute atomic E-state index is 13.4. The summed E-state index contributed by atoms with van der Waals surface area (Å²) >= 11 is 0. The first-order valence-corrected chi connectivity index (χ1v) is 12.3. The van der Waals surface area contributed by atoms with Gasteiger partial charge in [-0.25, -0.2) is 4.79 Å². The molecule has 1 spiro atoms. The van der Waals surface area contributed by atoms with E-state index < -0.39 is 23.6 Å². The zero-order valence-corrected chi connectivity index (χ0v) is 19.5. The molecule has 0 aromatic heterocycles. The number of fused-ring (bicyclic) bond motifs is 2. The topological polar surface area (TPSA) is 85.3 Å². The Balaban J connectivity index is 1.67. The summed E-state index contributed by atoms with van der Waals surface area (Å²) < 4.78 is 17.2. The van der Waals surface area contributed by atoms with Crippen molar-refractivity contribution >= 4 is 11.9 Å². The van der Waals surface area contributed by atoms with E-state index in [1.54, 1.807) is 7.11 Å². The smallest absolute Gasteiger partial charge is 0.337 e. The molecule has 11 atom stereocenters. The number of rotatable bonds is 3. The maximum Gasteiger partial charge on any atom is 0.337 e. The van der Waals surface area contributed by atoms with Crippen molar-refractivity contribution in [3.05, 3.63) is 11.1 Å². The highest BCUT2D eigenvalue weighted by Gasteiger charge is 2.81. The monoisotopic (exact) mass is 445 g/mol. The van der Waals surface area contributed by atoms with E-state index in [4.69, 9.17) is 14.2 Å². The summed E-state index contributed by atoms with van der Waals surface area (Å²) in [5.41, 5.74) is -0.131. The highest BCUT2D eigenvalue weighted by Crippen LogP contribution is 2.75. The minimum absolute atomic E-state index is 0.0996. The van der Waals surface area contributed by atoms with E-state index >= 15 is 0 Å². The first-order chi connectivity index (χ1) is 15.3. The molecule has 3 heterocycles. The molecule has 3 saturated heterocycles. The summed E-state index contributed by atoms with van der Waals surface area (Å²) in [6.07, 6.45) is 5.88. The van der Waals surface area contributed by atoms with Crippen LogP contribution in [0.5, 0.6) is 0 Å². The van der Waals surface area contributed by atoms with Crippen molar-refractivity contribution in [2.45, 2.75) is 94.2 Å². The Kier molecular flexibility index (Phi) is 4.49. The van der Waals surface area contributed by atoms with Gasteiger partial charge in [-0.15, -0.1) is 0 Å².